The van der Waals surface area contributed by atoms with Gasteiger partial charge in [-0.05, 0) is 0 Å². The molecule has 0 saturated heterocycles. The second-order valence-electron chi connectivity index (χ2n) is 2.64. The molecule has 0 nitrogen and oxygen atoms in total. The topological polar surface area (TPSA) is 0 Å². The molecule has 0 atom stereocenters. The summed E-state index contributed by atoms with van der Waals surface area (Å²) in [5.74, 6) is 0. The Hall–Kier alpha value is -0.365. The van der Waals surface area contributed by atoms with E-state index in [0.29, 0.717) is 0 Å². The van der Waals surface area contributed by atoms with Crippen LogP contribution in [0, 0.1) is 0 Å². The molecule has 0 amide bonds. The van der Waals surface area contributed by atoms with Gasteiger partial charge in [-0.2, -0.15) is 0 Å². The minimum absolute atomic E-state index is 0.735. The minimum atomic E-state index is 0.735. The van der Waals surface area contributed by atoms with Crippen LogP contribution in [-0.4, -0.2) is 0 Å². The van der Waals surface area contributed by atoms with Gasteiger partial charge >= 0.3 is 82.4 Å². The van der Waals surface area contributed by atoms with Gasteiger partial charge in [0.25, 0.3) is 0 Å². The zero-order chi connectivity index (χ0) is 7.68. The van der Waals surface area contributed by atoms with Crippen molar-refractivity contribution in [2.45, 2.75) is 0 Å². The van der Waals surface area contributed by atoms with E-state index in [-0.39, 0.29) is 0 Å². The Kier molecular flexibility index (Phi) is 1.95. The summed E-state index contributed by atoms with van der Waals surface area (Å²) >= 11 is 0.735. The van der Waals surface area contributed by atoms with Crippen LogP contribution in [0.1, 0.15) is 0 Å². The van der Waals surface area contributed by atoms with Crippen LogP contribution in [-0.2, 0) is 26.1 Å². The van der Waals surface area contributed by atoms with E-state index in [4.69, 9.17) is 0 Å². The predicted molar refractivity (Wildman–Crippen MR) is 43.6 cm³/mol. The molecule has 2 aromatic rings. The van der Waals surface area contributed by atoms with Crippen molar-refractivity contribution in [1.82, 2.24) is 0 Å². The molecule has 0 aliphatic rings. The molecule has 0 spiro atoms. The van der Waals surface area contributed by atoms with E-state index in [9.17, 15) is 0 Å². The second-order valence-corrected chi connectivity index (χ2v) is 5.60. The maximum atomic E-state index is 2.23. The van der Waals surface area contributed by atoms with Crippen molar-refractivity contribution in [3.63, 3.8) is 0 Å². The summed E-state index contributed by atoms with van der Waals surface area (Å²) in [6.45, 7) is 0. The van der Waals surface area contributed by atoms with E-state index >= 15 is 0 Å². The summed E-state index contributed by atoms with van der Waals surface area (Å²) in [4.78, 5) is 0. The van der Waals surface area contributed by atoms with E-state index in [2.05, 4.69) is 42.5 Å². The first-order chi connectivity index (χ1) is 5.38. The van der Waals surface area contributed by atoms with Gasteiger partial charge in [0.15, 0.2) is 0 Å². The summed E-state index contributed by atoms with van der Waals surface area (Å²) in [6.07, 6.45) is 0. The number of fused-ring (bicyclic) bond motifs is 1. The quantitative estimate of drug-likeness (QED) is 0.649. The van der Waals surface area contributed by atoms with Crippen LogP contribution in [0.3, 0.4) is 0 Å². The van der Waals surface area contributed by atoms with Crippen LogP contribution >= 0.6 is 0 Å². The first-order valence-electron chi connectivity index (χ1n) is 3.67. The standard InChI is InChI=1S/C10H7.Hg/c1-2-6-10-8-4-3-7-9(10)5-1;/h1-7H;. The average molecular weight is 328 g/mol. The summed E-state index contributed by atoms with van der Waals surface area (Å²) < 4.78 is 1.54. The van der Waals surface area contributed by atoms with Crippen molar-refractivity contribution >= 4 is 13.8 Å². The van der Waals surface area contributed by atoms with Crippen LogP contribution in [0.25, 0.3) is 10.8 Å². The zero-order valence-corrected chi connectivity index (χ0v) is 11.7. The molecule has 0 aliphatic carbocycles. The monoisotopic (exact) mass is 329 g/mol. The molecule has 0 N–H and O–H groups in total. The SMILES string of the molecule is [Hg][c]1cccc2ccccc12. The molecule has 0 fully saturated rings. The number of hydrogen-bond acceptors (Lipinski definition) is 0. The fourth-order valence-corrected chi connectivity index (χ4v) is 3.07. The molecule has 49 valence electrons. The Morgan fingerprint density at radius 2 is 1.55 bits per heavy atom. The third-order valence-corrected chi connectivity index (χ3v) is 4.28. The molecule has 0 radical (unpaired) electrons. The molecule has 0 heterocycles. The van der Waals surface area contributed by atoms with Crippen molar-refractivity contribution in [2.75, 3.05) is 0 Å². The molecule has 11 heavy (non-hydrogen) atoms. The van der Waals surface area contributed by atoms with Crippen molar-refractivity contribution < 1.29 is 26.1 Å². The van der Waals surface area contributed by atoms with Gasteiger partial charge in [0.05, 0.1) is 0 Å². The number of hydrogen-bond donors (Lipinski definition) is 0. The van der Waals surface area contributed by atoms with Gasteiger partial charge in [-0.1, -0.05) is 0 Å². The van der Waals surface area contributed by atoms with Crippen molar-refractivity contribution in [3.8, 4) is 0 Å². The Balaban J connectivity index is 2.91. The van der Waals surface area contributed by atoms with Crippen molar-refractivity contribution in [3.05, 3.63) is 42.5 Å². The molecular weight excluding hydrogens is 321 g/mol. The van der Waals surface area contributed by atoms with Crippen LogP contribution < -0.4 is 3.07 Å². The fraction of sp³-hybridized carbons (Fsp3) is 0. The predicted octanol–water partition coefficient (Wildman–Crippen LogP) is 2.01. The number of rotatable bonds is 0. The zero-order valence-electron chi connectivity index (χ0n) is 6.25. The third-order valence-electron chi connectivity index (χ3n) is 1.88. The van der Waals surface area contributed by atoms with Gasteiger partial charge < -0.3 is 0 Å². The van der Waals surface area contributed by atoms with E-state index in [1.165, 1.54) is 10.8 Å². The van der Waals surface area contributed by atoms with Gasteiger partial charge in [0.2, 0.25) is 0 Å². The Morgan fingerprint density at radius 1 is 0.818 bits per heavy atom. The first-order valence-corrected chi connectivity index (χ1v) is 6.42. The normalized spacial score (nSPS) is 10.4. The van der Waals surface area contributed by atoms with Gasteiger partial charge in [-0.3, -0.25) is 0 Å². The second kappa shape index (κ2) is 2.94. The Labute approximate surface area is 82.2 Å². The van der Waals surface area contributed by atoms with Crippen molar-refractivity contribution in [2.24, 2.45) is 0 Å². The van der Waals surface area contributed by atoms with Crippen LogP contribution in [0.4, 0.5) is 0 Å². The van der Waals surface area contributed by atoms with Crippen LogP contribution in [0.15, 0.2) is 42.5 Å². The van der Waals surface area contributed by atoms with E-state index < -0.39 is 0 Å². The maximum absolute atomic E-state index is 2.23. The third kappa shape index (κ3) is 1.32. The Bertz CT molecular complexity index is 374. The molecule has 1 heteroatoms. The van der Waals surface area contributed by atoms with Crippen LogP contribution in [0.2, 0.25) is 0 Å². The molecule has 0 aliphatic heterocycles. The van der Waals surface area contributed by atoms with Gasteiger partial charge in [-0.25, -0.2) is 0 Å². The van der Waals surface area contributed by atoms with E-state index in [0.717, 1.165) is 26.1 Å². The summed E-state index contributed by atoms with van der Waals surface area (Å²) in [5.41, 5.74) is 0. The van der Waals surface area contributed by atoms with Crippen molar-refractivity contribution in [1.29, 1.82) is 0 Å². The molecule has 0 aromatic heterocycles. The van der Waals surface area contributed by atoms with Gasteiger partial charge in [-0.15, -0.1) is 0 Å². The van der Waals surface area contributed by atoms with Gasteiger partial charge in [0, 0.05) is 0 Å². The molecular formula is C10H7Hg. The van der Waals surface area contributed by atoms with Gasteiger partial charge in [0.1, 0.15) is 0 Å². The first kappa shape index (κ1) is 7.29. The molecule has 0 unspecified atom stereocenters. The average Bonchev–Trinajstić information content (AvgIpc) is 2.06. The number of benzene rings is 2. The molecule has 2 rings (SSSR count). The summed E-state index contributed by atoms with van der Waals surface area (Å²) in [6, 6.07) is 15.1. The summed E-state index contributed by atoms with van der Waals surface area (Å²) in [5, 5.41) is 2.82. The van der Waals surface area contributed by atoms with E-state index in [1.807, 2.05) is 0 Å². The van der Waals surface area contributed by atoms with E-state index in [1.54, 1.807) is 3.07 Å². The van der Waals surface area contributed by atoms with Crippen LogP contribution in [0.5, 0.6) is 0 Å². The fourth-order valence-electron chi connectivity index (χ4n) is 1.29. The Morgan fingerprint density at radius 3 is 2.36 bits per heavy atom. The molecule has 2 aromatic carbocycles. The molecule has 0 bridgehead atoms. The molecule has 0 saturated carbocycles. The summed E-state index contributed by atoms with van der Waals surface area (Å²) in [7, 11) is 0.